The van der Waals surface area contributed by atoms with E-state index in [0.29, 0.717) is 6.04 Å². The first-order valence-electron chi connectivity index (χ1n) is 6.87. The highest BCUT2D eigenvalue weighted by Crippen LogP contribution is 2.16. The van der Waals surface area contributed by atoms with Gasteiger partial charge in [0, 0.05) is 6.04 Å². The topological polar surface area (TPSA) is 12.0 Å². The molecule has 96 valence electrons. The van der Waals surface area contributed by atoms with Crippen molar-refractivity contribution in [3.63, 3.8) is 0 Å². The lowest BCUT2D eigenvalue weighted by atomic mass is 9.92. The zero-order valence-corrected chi connectivity index (χ0v) is 12.0. The molecule has 1 nitrogen and oxygen atoms in total. The zero-order valence-electron chi connectivity index (χ0n) is 12.0. The molecule has 1 aromatic rings. The van der Waals surface area contributed by atoms with Crippen molar-refractivity contribution < 1.29 is 0 Å². The van der Waals surface area contributed by atoms with E-state index in [4.69, 9.17) is 0 Å². The highest BCUT2D eigenvalue weighted by molar-refractivity contribution is 5.29. The number of aryl methyl sites for hydroxylation is 2. The van der Waals surface area contributed by atoms with Crippen LogP contribution < -0.4 is 5.32 Å². The molecule has 0 bridgehead atoms. The van der Waals surface area contributed by atoms with Gasteiger partial charge in [-0.15, -0.1) is 0 Å². The molecular weight excluding hydrogens is 206 g/mol. The van der Waals surface area contributed by atoms with Crippen LogP contribution in [0.15, 0.2) is 18.2 Å². The van der Waals surface area contributed by atoms with Gasteiger partial charge in [0.15, 0.2) is 0 Å². The fourth-order valence-electron chi connectivity index (χ4n) is 2.46. The molecule has 0 aliphatic heterocycles. The standard InChI is InChI=1S/C16H27N/c1-6-14(5)16(17-7-2)11-15-9-12(3)8-13(4)10-15/h8-10,14,16-17H,6-7,11H2,1-5H3. The Bertz CT molecular complexity index is 323. The van der Waals surface area contributed by atoms with Gasteiger partial charge in [0.2, 0.25) is 0 Å². The fourth-order valence-corrected chi connectivity index (χ4v) is 2.46. The molecule has 0 heterocycles. The van der Waals surface area contributed by atoms with E-state index in [9.17, 15) is 0 Å². The van der Waals surface area contributed by atoms with Gasteiger partial charge in [-0.25, -0.2) is 0 Å². The van der Waals surface area contributed by atoms with Crippen LogP contribution in [0.25, 0.3) is 0 Å². The van der Waals surface area contributed by atoms with Gasteiger partial charge in [-0.3, -0.25) is 0 Å². The summed E-state index contributed by atoms with van der Waals surface area (Å²) in [5.41, 5.74) is 4.22. The summed E-state index contributed by atoms with van der Waals surface area (Å²) in [6.07, 6.45) is 2.38. The second-order valence-electron chi connectivity index (χ2n) is 5.25. The maximum absolute atomic E-state index is 3.62. The molecule has 0 saturated carbocycles. The molecule has 1 rings (SSSR count). The molecule has 1 N–H and O–H groups in total. The largest absolute Gasteiger partial charge is 0.314 e. The summed E-state index contributed by atoms with van der Waals surface area (Å²) in [7, 11) is 0. The van der Waals surface area contributed by atoms with E-state index in [2.05, 4.69) is 58.1 Å². The number of nitrogens with one attached hydrogen (secondary N) is 1. The monoisotopic (exact) mass is 233 g/mol. The second kappa shape index (κ2) is 6.80. The number of rotatable bonds is 6. The maximum atomic E-state index is 3.62. The van der Waals surface area contributed by atoms with Crippen LogP contribution in [-0.2, 0) is 6.42 Å². The Hall–Kier alpha value is -0.820. The van der Waals surface area contributed by atoms with Crippen molar-refractivity contribution in [2.24, 2.45) is 5.92 Å². The molecule has 0 aliphatic rings. The Balaban J connectivity index is 2.77. The predicted molar refractivity (Wildman–Crippen MR) is 76.5 cm³/mol. The third-order valence-electron chi connectivity index (χ3n) is 3.53. The van der Waals surface area contributed by atoms with Gasteiger partial charge in [0.05, 0.1) is 0 Å². The summed E-state index contributed by atoms with van der Waals surface area (Å²) in [5.74, 6) is 0.732. The van der Waals surface area contributed by atoms with E-state index in [1.165, 1.54) is 23.1 Å². The normalized spacial score (nSPS) is 14.6. The lowest BCUT2D eigenvalue weighted by Gasteiger charge is -2.24. The van der Waals surface area contributed by atoms with Gasteiger partial charge in [-0.1, -0.05) is 56.5 Å². The predicted octanol–water partition coefficient (Wildman–Crippen LogP) is 3.87. The molecule has 0 radical (unpaired) electrons. The Morgan fingerprint density at radius 3 is 2.12 bits per heavy atom. The second-order valence-corrected chi connectivity index (χ2v) is 5.25. The van der Waals surface area contributed by atoms with E-state index in [0.717, 1.165) is 18.9 Å². The zero-order chi connectivity index (χ0) is 12.8. The smallest absolute Gasteiger partial charge is 0.0133 e. The Morgan fingerprint density at radius 1 is 1.06 bits per heavy atom. The van der Waals surface area contributed by atoms with Crippen molar-refractivity contribution in [1.29, 1.82) is 0 Å². The number of hydrogen-bond acceptors (Lipinski definition) is 1. The summed E-state index contributed by atoms with van der Waals surface area (Å²) >= 11 is 0. The van der Waals surface area contributed by atoms with E-state index >= 15 is 0 Å². The van der Waals surface area contributed by atoms with Gasteiger partial charge >= 0.3 is 0 Å². The number of benzene rings is 1. The first-order valence-corrected chi connectivity index (χ1v) is 6.87. The van der Waals surface area contributed by atoms with Crippen molar-refractivity contribution in [2.45, 2.75) is 53.5 Å². The molecule has 0 aromatic heterocycles. The molecule has 2 atom stereocenters. The Morgan fingerprint density at radius 2 is 1.65 bits per heavy atom. The molecule has 17 heavy (non-hydrogen) atoms. The van der Waals surface area contributed by atoms with Crippen LogP contribution in [0.4, 0.5) is 0 Å². The lowest BCUT2D eigenvalue weighted by molar-refractivity contribution is 0.371. The minimum Gasteiger partial charge on any atom is -0.314 e. The number of hydrogen-bond donors (Lipinski definition) is 1. The average Bonchev–Trinajstić information content (AvgIpc) is 2.26. The third kappa shape index (κ3) is 4.51. The first kappa shape index (κ1) is 14.2. The summed E-state index contributed by atoms with van der Waals surface area (Å²) < 4.78 is 0. The quantitative estimate of drug-likeness (QED) is 0.786. The molecule has 2 unspecified atom stereocenters. The molecular formula is C16H27N. The van der Waals surface area contributed by atoms with Crippen LogP contribution in [-0.4, -0.2) is 12.6 Å². The van der Waals surface area contributed by atoms with Gasteiger partial charge in [0.1, 0.15) is 0 Å². The summed E-state index contributed by atoms with van der Waals surface area (Å²) in [6.45, 7) is 12.2. The van der Waals surface area contributed by atoms with Crippen LogP contribution >= 0.6 is 0 Å². The summed E-state index contributed by atoms with van der Waals surface area (Å²) in [6, 6.07) is 7.49. The number of likely N-dealkylation sites (N-methyl/N-ethyl adjacent to an activating group) is 1. The van der Waals surface area contributed by atoms with E-state index in [1.54, 1.807) is 0 Å². The first-order chi connectivity index (χ1) is 8.06. The highest BCUT2D eigenvalue weighted by Gasteiger charge is 2.15. The van der Waals surface area contributed by atoms with E-state index in [-0.39, 0.29) is 0 Å². The molecule has 0 fully saturated rings. The molecule has 1 heteroatoms. The van der Waals surface area contributed by atoms with Gasteiger partial charge in [-0.05, 0) is 38.3 Å². The Kier molecular flexibility index (Phi) is 5.70. The van der Waals surface area contributed by atoms with Crippen molar-refractivity contribution in [3.8, 4) is 0 Å². The molecule has 0 spiro atoms. The van der Waals surface area contributed by atoms with Crippen LogP contribution in [0.5, 0.6) is 0 Å². The van der Waals surface area contributed by atoms with Crippen molar-refractivity contribution in [2.75, 3.05) is 6.54 Å². The van der Waals surface area contributed by atoms with E-state index < -0.39 is 0 Å². The molecule has 0 amide bonds. The average molecular weight is 233 g/mol. The fraction of sp³-hybridized carbons (Fsp3) is 0.625. The Labute approximate surface area is 107 Å². The molecule has 0 saturated heterocycles. The van der Waals surface area contributed by atoms with Crippen LogP contribution in [0.3, 0.4) is 0 Å². The SMILES string of the molecule is CCNC(Cc1cc(C)cc(C)c1)C(C)CC. The molecule has 0 aliphatic carbocycles. The van der Waals surface area contributed by atoms with Gasteiger partial charge in [0.25, 0.3) is 0 Å². The minimum atomic E-state index is 0.603. The van der Waals surface area contributed by atoms with Gasteiger partial charge in [-0.2, -0.15) is 0 Å². The van der Waals surface area contributed by atoms with E-state index in [1.807, 2.05) is 0 Å². The van der Waals surface area contributed by atoms with Crippen LogP contribution in [0, 0.1) is 19.8 Å². The van der Waals surface area contributed by atoms with Crippen molar-refractivity contribution in [1.82, 2.24) is 5.32 Å². The minimum absolute atomic E-state index is 0.603. The maximum Gasteiger partial charge on any atom is 0.0133 e. The van der Waals surface area contributed by atoms with Crippen molar-refractivity contribution in [3.05, 3.63) is 34.9 Å². The van der Waals surface area contributed by atoms with Crippen LogP contribution in [0.1, 0.15) is 43.9 Å². The lowest BCUT2D eigenvalue weighted by Crippen LogP contribution is -2.36. The molecule has 1 aromatic carbocycles. The third-order valence-corrected chi connectivity index (χ3v) is 3.53. The van der Waals surface area contributed by atoms with Gasteiger partial charge < -0.3 is 5.32 Å². The van der Waals surface area contributed by atoms with Crippen LogP contribution in [0.2, 0.25) is 0 Å². The highest BCUT2D eigenvalue weighted by atomic mass is 14.9. The van der Waals surface area contributed by atoms with Crippen molar-refractivity contribution >= 4 is 0 Å². The summed E-state index contributed by atoms with van der Waals surface area (Å²) in [5, 5.41) is 3.62. The summed E-state index contributed by atoms with van der Waals surface area (Å²) in [4.78, 5) is 0.